The van der Waals surface area contributed by atoms with Crippen molar-refractivity contribution in [2.75, 3.05) is 20.6 Å². The highest BCUT2D eigenvalue weighted by atomic mass is 14.9. The van der Waals surface area contributed by atoms with Crippen LogP contribution in [0, 0.1) is 26.7 Å². The molecule has 2 heteroatoms. The normalized spacial score (nSPS) is 14.6. The van der Waals surface area contributed by atoms with E-state index in [2.05, 4.69) is 57.5 Å². The van der Waals surface area contributed by atoms with Crippen molar-refractivity contribution in [1.82, 2.24) is 10.6 Å². The molecule has 102 valence electrons. The van der Waals surface area contributed by atoms with E-state index in [1.54, 1.807) is 0 Å². The second-order valence-corrected chi connectivity index (χ2v) is 5.30. The Morgan fingerprint density at radius 3 is 2.00 bits per heavy atom. The summed E-state index contributed by atoms with van der Waals surface area (Å²) in [4.78, 5) is 0. The van der Waals surface area contributed by atoms with Crippen LogP contribution in [0.15, 0.2) is 12.1 Å². The highest BCUT2D eigenvalue weighted by molar-refractivity contribution is 5.40. The Morgan fingerprint density at radius 1 is 1.06 bits per heavy atom. The molecular formula is C16H28N2. The van der Waals surface area contributed by atoms with Crippen LogP contribution in [0.25, 0.3) is 0 Å². The maximum atomic E-state index is 3.52. The van der Waals surface area contributed by atoms with Gasteiger partial charge in [-0.2, -0.15) is 0 Å². The molecule has 0 saturated heterocycles. The van der Waals surface area contributed by atoms with Crippen molar-refractivity contribution < 1.29 is 0 Å². The Kier molecular flexibility index (Phi) is 5.83. The van der Waals surface area contributed by atoms with Gasteiger partial charge in [0.1, 0.15) is 0 Å². The predicted octanol–water partition coefficient (Wildman–Crippen LogP) is 3.12. The molecule has 0 amide bonds. The fourth-order valence-electron chi connectivity index (χ4n) is 3.06. The first kappa shape index (κ1) is 15.2. The van der Waals surface area contributed by atoms with E-state index in [0.717, 1.165) is 6.54 Å². The summed E-state index contributed by atoms with van der Waals surface area (Å²) < 4.78 is 0. The third-order valence-electron chi connectivity index (χ3n) is 3.82. The van der Waals surface area contributed by atoms with Crippen LogP contribution in [0.4, 0.5) is 0 Å². The van der Waals surface area contributed by atoms with Gasteiger partial charge < -0.3 is 10.6 Å². The van der Waals surface area contributed by atoms with Crippen LogP contribution in [0.5, 0.6) is 0 Å². The maximum absolute atomic E-state index is 3.52. The number of hydrogen-bond donors (Lipinski definition) is 2. The molecule has 0 fully saturated rings. The Bertz CT molecular complexity index is 362. The molecule has 0 aliphatic carbocycles. The van der Waals surface area contributed by atoms with Gasteiger partial charge in [0.05, 0.1) is 0 Å². The first-order chi connectivity index (χ1) is 8.54. The van der Waals surface area contributed by atoms with Crippen molar-refractivity contribution in [3.63, 3.8) is 0 Å². The molecule has 2 atom stereocenters. The second kappa shape index (κ2) is 6.91. The molecule has 1 aromatic carbocycles. The average Bonchev–Trinajstić information content (AvgIpc) is 2.31. The molecule has 2 nitrogen and oxygen atoms in total. The molecule has 0 aliphatic heterocycles. The van der Waals surface area contributed by atoms with Crippen LogP contribution in [-0.4, -0.2) is 20.6 Å². The van der Waals surface area contributed by atoms with Crippen molar-refractivity contribution in [3.05, 3.63) is 34.4 Å². The van der Waals surface area contributed by atoms with Crippen molar-refractivity contribution >= 4 is 0 Å². The highest BCUT2D eigenvalue weighted by Gasteiger charge is 2.22. The van der Waals surface area contributed by atoms with Crippen LogP contribution in [0.3, 0.4) is 0 Å². The smallest absolute Gasteiger partial charge is 0.0363 e. The van der Waals surface area contributed by atoms with Crippen molar-refractivity contribution in [1.29, 1.82) is 0 Å². The van der Waals surface area contributed by atoms with Gasteiger partial charge in [0.2, 0.25) is 0 Å². The Balaban J connectivity index is 3.15. The monoisotopic (exact) mass is 248 g/mol. The molecule has 18 heavy (non-hydrogen) atoms. The summed E-state index contributed by atoms with van der Waals surface area (Å²) >= 11 is 0. The molecule has 0 bridgehead atoms. The third-order valence-corrected chi connectivity index (χ3v) is 3.82. The molecule has 1 rings (SSSR count). The minimum atomic E-state index is 0.433. The molecule has 0 spiro atoms. The lowest BCUT2D eigenvalue weighted by Gasteiger charge is -2.29. The van der Waals surface area contributed by atoms with Crippen LogP contribution in [0.1, 0.15) is 41.6 Å². The summed E-state index contributed by atoms with van der Waals surface area (Å²) in [5.41, 5.74) is 5.64. The molecule has 0 aromatic heterocycles. The van der Waals surface area contributed by atoms with Gasteiger partial charge in [0.25, 0.3) is 0 Å². The standard InChI is InChI=1S/C16H28N2/c1-7-14(10-17-5)16(18-6)15-12(3)8-11(2)9-13(15)4/h8-9,14,16-18H,7,10H2,1-6H3. The van der Waals surface area contributed by atoms with E-state index in [1.165, 1.54) is 28.7 Å². The van der Waals surface area contributed by atoms with E-state index in [0.29, 0.717) is 12.0 Å². The number of benzene rings is 1. The number of rotatable bonds is 6. The topological polar surface area (TPSA) is 24.1 Å². The summed E-state index contributed by atoms with van der Waals surface area (Å²) in [6, 6.07) is 5.01. The Hall–Kier alpha value is -0.860. The first-order valence-electron chi connectivity index (χ1n) is 6.94. The molecule has 0 heterocycles. The predicted molar refractivity (Wildman–Crippen MR) is 80.2 cm³/mol. The number of hydrogen-bond acceptors (Lipinski definition) is 2. The average molecular weight is 248 g/mol. The zero-order valence-corrected chi connectivity index (χ0v) is 12.7. The molecule has 0 aliphatic rings. The zero-order valence-electron chi connectivity index (χ0n) is 12.7. The molecule has 1 aromatic rings. The molecular weight excluding hydrogens is 220 g/mol. The fourth-order valence-corrected chi connectivity index (χ4v) is 3.06. The van der Waals surface area contributed by atoms with Gasteiger partial charge in [0, 0.05) is 6.04 Å². The van der Waals surface area contributed by atoms with Crippen molar-refractivity contribution in [2.45, 2.75) is 40.2 Å². The third kappa shape index (κ3) is 3.33. The van der Waals surface area contributed by atoms with E-state index in [-0.39, 0.29) is 0 Å². The van der Waals surface area contributed by atoms with Gasteiger partial charge in [0.15, 0.2) is 0 Å². The molecule has 2 N–H and O–H groups in total. The van der Waals surface area contributed by atoms with Crippen LogP contribution < -0.4 is 10.6 Å². The molecule has 2 unspecified atom stereocenters. The van der Waals surface area contributed by atoms with Crippen molar-refractivity contribution in [2.24, 2.45) is 5.92 Å². The SMILES string of the molecule is CCC(CNC)C(NC)c1c(C)cc(C)cc1C. The van der Waals surface area contributed by atoms with Gasteiger partial charge in [-0.15, -0.1) is 0 Å². The van der Waals surface area contributed by atoms with Crippen LogP contribution in [0.2, 0.25) is 0 Å². The van der Waals surface area contributed by atoms with Gasteiger partial charge in [-0.25, -0.2) is 0 Å². The van der Waals surface area contributed by atoms with E-state index in [9.17, 15) is 0 Å². The highest BCUT2D eigenvalue weighted by Crippen LogP contribution is 2.30. The lowest BCUT2D eigenvalue weighted by atomic mass is 9.85. The quantitative estimate of drug-likeness (QED) is 0.808. The zero-order chi connectivity index (χ0) is 13.7. The Morgan fingerprint density at radius 2 is 1.61 bits per heavy atom. The van der Waals surface area contributed by atoms with E-state index in [4.69, 9.17) is 0 Å². The summed E-state index contributed by atoms with van der Waals surface area (Å²) in [5, 5.41) is 6.83. The van der Waals surface area contributed by atoms with Gasteiger partial charge in [-0.05, 0) is 64.0 Å². The van der Waals surface area contributed by atoms with Gasteiger partial charge >= 0.3 is 0 Å². The summed E-state index contributed by atoms with van der Waals surface area (Å²) in [6.45, 7) is 9.95. The summed E-state index contributed by atoms with van der Waals surface area (Å²) in [7, 11) is 4.10. The second-order valence-electron chi connectivity index (χ2n) is 5.30. The van der Waals surface area contributed by atoms with Gasteiger partial charge in [-0.3, -0.25) is 0 Å². The van der Waals surface area contributed by atoms with E-state index in [1.807, 2.05) is 7.05 Å². The lowest BCUT2D eigenvalue weighted by Crippen LogP contribution is -2.32. The summed E-state index contributed by atoms with van der Waals surface area (Å²) in [6.07, 6.45) is 1.18. The molecule has 0 radical (unpaired) electrons. The number of nitrogens with one attached hydrogen (secondary N) is 2. The Labute approximate surface area is 112 Å². The lowest BCUT2D eigenvalue weighted by molar-refractivity contribution is 0.357. The minimum Gasteiger partial charge on any atom is -0.319 e. The first-order valence-corrected chi connectivity index (χ1v) is 6.94. The van der Waals surface area contributed by atoms with Crippen LogP contribution in [-0.2, 0) is 0 Å². The van der Waals surface area contributed by atoms with Crippen LogP contribution >= 0.6 is 0 Å². The fraction of sp³-hybridized carbons (Fsp3) is 0.625. The van der Waals surface area contributed by atoms with Crippen molar-refractivity contribution in [3.8, 4) is 0 Å². The largest absolute Gasteiger partial charge is 0.319 e. The molecule has 0 saturated carbocycles. The number of aryl methyl sites for hydroxylation is 3. The van der Waals surface area contributed by atoms with E-state index >= 15 is 0 Å². The minimum absolute atomic E-state index is 0.433. The summed E-state index contributed by atoms with van der Waals surface area (Å²) in [5.74, 6) is 0.625. The van der Waals surface area contributed by atoms with E-state index < -0.39 is 0 Å². The van der Waals surface area contributed by atoms with Gasteiger partial charge in [-0.1, -0.05) is 31.0 Å². The maximum Gasteiger partial charge on any atom is 0.0363 e.